The summed E-state index contributed by atoms with van der Waals surface area (Å²) in [4.78, 5) is 0. The quantitative estimate of drug-likeness (QED) is 0.751. The maximum Gasteiger partial charge on any atom is 0.0766 e. The Hall–Kier alpha value is -0.340. The number of hydrogen-bond donors (Lipinski definition) is 0. The molecule has 0 bridgehead atoms. The molecule has 0 aromatic heterocycles. The lowest BCUT2D eigenvalue weighted by Gasteiger charge is -2.29. The Bertz CT molecular complexity index is 324. The van der Waals surface area contributed by atoms with E-state index in [0.29, 0.717) is 0 Å². The molecule has 0 N–H and O–H groups in total. The van der Waals surface area contributed by atoms with E-state index in [4.69, 9.17) is 0 Å². The van der Waals surface area contributed by atoms with Gasteiger partial charge >= 0.3 is 0 Å². The zero-order valence-corrected chi connectivity index (χ0v) is 10.6. The van der Waals surface area contributed by atoms with Gasteiger partial charge in [-0.2, -0.15) is 0 Å². The number of benzene rings is 1. The molecule has 1 aromatic rings. The summed E-state index contributed by atoms with van der Waals surface area (Å²) >= 11 is 4.12. The maximum absolute atomic E-state index is 2.34. The second-order valence-corrected chi connectivity index (χ2v) is 7.16. The monoisotopic (exact) mass is 236 g/mol. The van der Waals surface area contributed by atoms with E-state index in [-0.39, 0.29) is 4.08 Å². The first-order valence-electron chi connectivity index (χ1n) is 5.31. The Balaban J connectivity index is 2.04. The molecule has 0 amide bonds. The average Bonchev–Trinajstić information content (AvgIpc) is 2.29. The first kappa shape index (κ1) is 11.2. The molecule has 0 radical (unpaired) electrons. The molecule has 0 atom stereocenters. The van der Waals surface area contributed by atoms with Crippen LogP contribution in [-0.4, -0.2) is 15.6 Å². The summed E-state index contributed by atoms with van der Waals surface area (Å²) in [5.41, 5.74) is 1.30. The summed E-state index contributed by atoms with van der Waals surface area (Å²) in [5, 5.41) is 0. The van der Waals surface area contributed by atoms with Crippen LogP contribution in [-0.2, 0) is 0 Å². The first-order valence-corrected chi connectivity index (χ1v) is 7.28. The molecule has 1 fully saturated rings. The van der Waals surface area contributed by atoms with Crippen LogP contribution in [0.3, 0.4) is 0 Å². The third-order valence-corrected chi connectivity index (χ3v) is 5.56. The molecular formula is C13H16S2. The van der Waals surface area contributed by atoms with Crippen molar-refractivity contribution in [1.29, 1.82) is 0 Å². The van der Waals surface area contributed by atoms with Crippen molar-refractivity contribution in [2.75, 3.05) is 11.5 Å². The van der Waals surface area contributed by atoms with Crippen LogP contribution in [0.1, 0.15) is 18.9 Å². The lowest BCUT2D eigenvalue weighted by atomic mass is 10.2. The van der Waals surface area contributed by atoms with Crippen molar-refractivity contribution in [3.05, 3.63) is 42.0 Å². The molecule has 0 aliphatic carbocycles. The van der Waals surface area contributed by atoms with Gasteiger partial charge in [0.15, 0.2) is 0 Å². The molecule has 0 unspecified atom stereocenters. The van der Waals surface area contributed by atoms with E-state index in [0.717, 1.165) is 0 Å². The SMILES string of the molecule is CC1(C=Cc2ccccc2)SCCCS1. The minimum absolute atomic E-state index is 0.286. The van der Waals surface area contributed by atoms with E-state index in [1.807, 2.05) is 0 Å². The Labute approximate surface area is 101 Å². The Morgan fingerprint density at radius 3 is 2.47 bits per heavy atom. The van der Waals surface area contributed by atoms with Gasteiger partial charge in [0.05, 0.1) is 4.08 Å². The second kappa shape index (κ2) is 5.13. The highest BCUT2D eigenvalue weighted by Gasteiger charge is 2.24. The van der Waals surface area contributed by atoms with Gasteiger partial charge in [0.1, 0.15) is 0 Å². The van der Waals surface area contributed by atoms with Crippen LogP contribution >= 0.6 is 23.5 Å². The van der Waals surface area contributed by atoms with Crippen molar-refractivity contribution in [2.45, 2.75) is 17.4 Å². The predicted octanol–water partition coefficient (Wildman–Crippen LogP) is 4.29. The van der Waals surface area contributed by atoms with E-state index in [9.17, 15) is 0 Å². The highest BCUT2D eigenvalue weighted by atomic mass is 32.2. The Morgan fingerprint density at radius 2 is 1.80 bits per heavy atom. The molecule has 15 heavy (non-hydrogen) atoms. The van der Waals surface area contributed by atoms with Crippen LogP contribution in [0.2, 0.25) is 0 Å². The van der Waals surface area contributed by atoms with E-state index in [2.05, 4.69) is 72.9 Å². The van der Waals surface area contributed by atoms with Crippen molar-refractivity contribution in [3.63, 3.8) is 0 Å². The predicted molar refractivity (Wildman–Crippen MR) is 73.4 cm³/mol. The molecule has 1 aliphatic heterocycles. The smallest absolute Gasteiger partial charge is 0.0766 e. The van der Waals surface area contributed by atoms with Crippen LogP contribution in [0.5, 0.6) is 0 Å². The second-order valence-electron chi connectivity index (χ2n) is 3.81. The molecular weight excluding hydrogens is 220 g/mol. The van der Waals surface area contributed by atoms with Gasteiger partial charge in [0, 0.05) is 0 Å². The molecule has 1 aliphatic rings. The van der Waals surface area contributed by atoms with Crippen LogP contribution < -0.4 is 0 Å². The fourth-order valence-corrected chi connectivity index (χ4v) is 4.29. The number of hydrogen-bond acceptors (Lipinski definition) is 2. The van der Waals surface area contributed by atoms with E-state index in [1.165, 1.54) is 23.5 Å². The normalized spacial score (nSPS) is 20.6. The summed E-state index contributed by atoms with van der Waals surface area (Å²) < 4.78 is 0.286. The highest BCUT2D eigenvalue weighted by Crippen LogP contribution is 2.43. The van der Waals surface area contributed by atoms with Crippen LogP contribution in [0.15, 0.2) is 36.4 Å². The minimum atomic E-state index is 0.286. The van der Waals surface area contributed by atoms with Crippen LogP contribution in [0.4, 0.5) is 0 Å². The molecule has 1 saturated heterocycles. The molecule has 1 aromatic carbocycles. The minimum Gasteiger partial charge on any atom is -0.140 e. The molecule has 80 valence electrons. The van der Waals surface area contributed by atoms with Crippen LogP contribution in [0, 0.1) is 0 Å². The fraction of sp³-hybridized carbons (Fsp3) is 0.385. The van der Waals surface area contributed by atoms with Gasteiger partial charge in [-0.15, -0.1) is 23.5 Å². The summed E-state index contributed by atoms with van der Waals surface area (Å²) in [6.45, 7) is 2.32. The summed E-state index contributed by atoms with van der Waals surface area (Å²) in [5.74, 6) is 2.59. The first-order chi connectivity index (χ1) is 7.29. The van der Waals surface area contributed by atoms with E-state index >= 15 is 0 Å². The van der Waals surface area contributed by atoms with Gasteiger partial charge in [-0.25, -0.2) is 0 Å². The van der Waals surface area contributed by atoms with Crippen molar-refractivity contribution >= 4 is 29.6 Å². The van der Waals surface area contributed by atoms with Gasteiger partial charge in [-0.1, -0.05) is 42.5 Å². The average molecular weight is 236 g/mol. The third kappa shape index (κ3) is 3.32. The largest absolute Gasteiger partial charge is 0.140 e. The standard InChI is InChI=1S/C13H16S2/c1-13(14-10-5-11-15-13)9-8-12-6-3-2-4-7-12/h2-4,6-9H,5,10-11H2,1H3. The van der Waals surface area contributed by atoms with Gasteiger partial charge in [0.2, 0.25) is 0 Å². The van der Waals surface area contributed by atoms with E-state index in [1.54, 1.807) is 0 Å². The summed E-state index contributed by atoms with van der Waals surface area (Å²) in [6, 6.07) is 10.5. The Morgan fingerprint density at radius 1 is 1.13 bits per heavy atom. The topological polar surface area (TPSA) is 0 Å². The molecule has 2 heteroatoms. The zero-order valence-electron chi connectivity index (χ0n) is 8.98. The van der Waals surface area contributed by atoms with Crippen molar-refractivity contribution < 1.29 is 0 Å². The number of rotatable bonds is 2. The van der Waals surface area contributed by atoms with Gasteiger partial charge in [-0.3, -0.25) is 0 Å². The van der Waals surface area contributed by atoms with Gasteiger partial charge in [-0.05, 0) is 30.4 Å². The third-order valence-electron chi connectivity index (χ3n) is 2.44. The van der Waals surface area contributed by atoms with Gasteiger partial charge in [0.25, 0.3) is 0 Å². The van der Waals surface area contributed by atoms with Crippen molar-refractivity contribution in [1.82, 2.24) is 0 Å². The number of thioether (sulfide) groups is 2. The molecule has 0 saturated carbocycles. The lowest BCUT2D eigenvalue weighted by molar-refractivity contribution is 1.05. The van der Waals surface area contributed by atoms with E-state index < -0.39 is 0 Å². The van der Waals surface area contributed by atoms with Gasteiger partial charge < -0.3 is 0 Å². The Kier molecular flexibility index (Phi) is 3.81. The summed E-state index contributed by atoms with van der Waals surface area (Å²) in [6.07, 6.45) is 5.94. The lowest BCUT2D eigenvalue weighted by Crippen LogP contribution is -2.17. The molecule has 1 heterocycles. The van der Waals surface area contributed by atoms with Crippen molar-refractivity contribution in [3.8, 4) is 0 Å². The summed E-state index contributed by atoms with van der Waals surface area (Å²) in [7, 11) is 0. The fourth-order valence-electron chi connectivity index (χ4n) is 1.56. The molecule has 0 spiro atoms. The maximum atomic E-state index is 2.34. The zero-order chi connectivity index (χ0) is 10.6. The molecule has 2 rings (SSSR count). The molecule has 0 nitrogen and oxygen atoms in total. The van der Waals surface area contributed by atoms with Crippen LogP contribution in [0.25, 0.3) is 6.08 Å². The van der Waals surface area contributed by atoms with Crippen molar-refractivity contribution in [2.24, 2.45) is 0 Å². The highest BCUT2D eigenvalue weighted by molar-refractivity contribution is 8.19.